The van der Waals surface area contributed by atoms with Crippen LogP contribution in [0.3, 0.4) is 0 Å². The number of ether oxygens (including phenoxy) is 1. The standard InChI is InChI=1S/C12H18N2O/c1-4-7-15-12-6-5-11(14-9-12)8-13-10(2)3/h4-6,9-10,13H,1,7-8H2,2-3H3. The average Bonchev–Trinajstić information content (AvgIpc) is 2.25. The summed E-state index contributed by atoms with van der Waals surface area (Å²) in [4.78, 5) is 4.28. The zero-order valence-corrected chi connectivity index (χ0v) is 9.36. The van der Waals surface area contributed by atoms with Gasteiger partial charge in [-0.1, -0.05) is 26.5 Å². The second-order valence-corrected chi connectivity index (χ2v) is 3.62. The van der Waals surface area contributed by atoms with Crippen LogP contribution in [0.1, 0.15) is 19.5 Å². The zero-order valence-electron chi connectivity index (χ0n) is 9.36. The summed E-state index contributed by atoms with van der Waals surface area (Å²) in [7, 11) is 0. The Morgan fingerprint density at radius 3 is 2.87 bits per heavy atom. The van der Waals surface area contributed by atoms with Gasteiger partial charge in [0, 0.05) is 12.6 Å². The van der Waals surface area contributed by atoms with Crippen molar-refractivity contribution in [3.63, 3.8) is 0 Å². The lowest BCUT2D eigenvalue weighted by Gasteiger charge is -2.08. The molecule has 0 aliphatic carbocycles. The van der Waals surface area contributed by atoms with Crippen molar-refractivity contribution in [1.29, 1.82) is 0 Å². The highest BCUT2D eigenvalue weighted by molar-refractivity contribution is 5.20. The lowest BCUT2D eigenvalue weighted by atomic mass is 10.3. The maximum atomic E-state index is 5.33. The SMILES string of the molecule is C=CCOc1ccc(CNC(C)C)nc1. The van der Waals surface area contributed by atoms with E-state index in [0.29, 0.717) is 12.6 Å². The van der Waals surface area contributed by atoms with E-state index in [-0.39, 0.29) is 0 Å². The van der Waals surface area contributed by atoms with E-state index in [1.165, 1.54) is 0 Å². The Bertz CT molecular complexity index is 293. The molecule has 0 bridgehead atoms. The van der Waals surface area contributed by atoms with Crippen molar-refractivity contribution in [1.82, 2.24) is 10.3 Å². The van der Waals surface area contributed by atoms with Gasteiger partial charge in [0.1, 0.15) is 12.4 Å². The molecule has 1 N–H and O–H groups in total. The molecule has 0 saturated heterocycles. The minimum atomic E-state index is 0.475. The van der Waals surface area contributed by atoms with Crippen molar-refractivity contribution in [2.45, 2.75) is 26.4 Å². The van der Waals surface area contributed by atoms with Gasteiger partial charge in [0.2, 0.25) is 0 Å². The Kier molecular flexibility index (Phi) is 4.84. The van der Waals surface area contributed by atoms with E-state index >= 15 is 0 Å². The third kappa shape index (κ3) is 4.61. The summed E-state index contributed by atoms with van der Waals surface area (Å²) >= 11 is 0. The molecule has 1 aromatic rings. The molecule has 3 heteroatoms. The van der Waals surface area contributed by atoms with Crippen LogP contribution in [-0.4, -0.2) is 17.6 Å². The van der Waals surface area contributed by atoms with Gasteiger partial charge in [-0.25, -0.2) is 0 Å². The van der Waals surface area contributed by atoms with Gasteiger partial charge in [-0.2, -0.15) is 0 Å². The lowest BCUT2D eigenvalue weighted by molar-refractivity contribution is 0.361. The smallest absolute Gasteiger partial charge is 0.138 e. The van der Waals surface area contributed by atoms with Gasteiger partial charge in [0.25, 0.3) is 0 Å². The minimum Gasteiger partial charge on any atom is -0.488 e. The monoisotopic (exact) mass is 206 g/mol. The largest absolute Gasteiger partial charge is 0.488 e. The number of hydrogen-bond donors (Lipinski definition) is 1. The minimum absolute atomic E-state index is 0.475. The molecule has 0 radical (unpaired) electrons. The molecule has 0 saturated carbocycles. The third-order valence-electron chi connectivity index (χ3n) is 1.86. The van der Waals surface area contributed by atoms with E-state index in [1.54, 1.807) is 12.3 Å². The first kappa shape index (κ1) is 11.7. The molecule has 0 amide bonds. The maximum absolute atomic E-state index is 5.33. The molecular weight excluding hydrogens is 188 g/mol. The predicted molar refractivity (Wildman–Crippen MR) is 61.9 cm³/mol. The van der Waals surface area contributed by atoms with Crippen LogP contribution < -0.4 is 10.1 Å². The number of rotatable bonds is 6. The van der Waals surface area contributed by atoms with Gasteiger partial charge < -0.3 is 10.1 Å². The molecule has 1 heterocycles. The zero-order chi connectivity index (χ0) is 11.1. The van der Waals surface area contributed by atoms with Crippen LogP contribution >= 0.6 is 0 Å². The summed E-state index contributed by atoms with van der Waals surface area (Å²) < 4.78 is 5.33. The Morgan fingerprint density at radius 1 is 1.53 bits per heavy atom. The van der Waals surface area contributed by atoms with Gasteiger partial charge in [0.15, 0.2) is 0 Å². The summed E-state index contributed by atoms with van der Waals surface area (Å²) in [5.41, 5.74) is 1.02. The number of pyridine rings is 1. The van der Waals surface area contributed by atoms with Crippen LogP contribution in [0.5, 0.6) is 5.75 Å². The summed E-state index contributed by atoms with van der Waals surface area (Å²) in [6, 6.07) is 4.37. The number of hydrogen-bond acceptors (Lipinski definition) is 3. The van der Waals surface area contributed by atoms with Crippen molar-refractivity contribution in [2.75, 3.05) is 6.61 Å². The Morgan fingerprint density at radius 2 is 2.33 bits per heavy atom. The fraction of sp³-hybridized carbons (Fsp3) is 0.417. The van der Waals surface area contributed by atoms with E-state index in [9.17, 15) is 0 Å². The van der Waals surface area contributed by atoms with E-state index in [2.05, 4.69) is 30.7 Å². The molecule has 0 aliphatic rings. The molecule has 0 atom stereocenters. The Labute approximate surface area is 91.2 Å². The molecule has 0 spiro atoms. The number of nitrogens with one attached hydrogen (secondary N) is 1. The molecule has 3 nitrogen and oxygen atoms in total. The molecule has 0 aliphatic heterocycles. The van der Waals surface area contributed by atoms with E-state index in [0.717, 1.165) is 18.0 Å². The van der Waals surface area contributed by atoms with Crippen LogP contribution in [0.15, 0.2) is 31.0 Å². The first-order valence-corrected chi connectivity index (χ1v) is 5.14. The molecule has 82 valence electrons. The van der Waals surface area contributed by atoms with Gasteiger partial charge in [-0.05, 0) is 12.1 Å². The summed E-state index contributed by atoms with van der Waals surface area (Å²) in [5.74, 6) is 0.781. The molecule has 15 heavy (non-hydrogen) atoms. The first-order valence-electron chi connectivity index (χ1n) is 5.14. The van der Waals surface area contributed by atoms with E-state index in [4.69, 9.17) is 4.74 Å². The molecule has 0 fully saturated rings. The maximum Gasteiger partial charge on any atom is 0.138 e. The summed E-state index contributed by atoms with van der Waals surface area (Å²) in [6.07, 6.45) is 3.45. The van der Waals surface area contributed by atoms with Crippen molar-refractivity contribution in [3.05, 3.63) is 36.7 Å². The molecule has 1 aromatic heterocycles. The number of aromatic nitrogens is 1. The highest BCUT2D eigenvalue weighted by atomic mass is 16.5. The van der Waals surface area contributed by atoms with Gasteiger partial charge in [0.05, 0.1) is 11.9 Å². The Balaban J connectivity index is 2.45. The van der Waals surface area contributed by atoms with Crippen molar-refractivity contribution < 1.29 is 4.74 Å². The quantitative estimate of drug-likeness (QED) is 0.724. The van der Waals surface area contributed by atoms with E-state index in [1.807, 2.05) is 12.1 Å². The van der Waals surface area contributed by atoms with Crippen molar-refractivity contribution in [2.24, 2.45) is 0 Å². The van der Waals surface area contributed by atoms with Crippen LogP contribution in [-0.2, 0) is 6.54 Å². The molecule has 0 unspecified atom stereocenters. The first-order chi connectivity index (χ1) is 7.22. The fourth-order valence-corrected chi connectivity index (χ4v) is 1.06. The topological polar surface area (TPSA) is 34.1 Å². The van der Waals surface area contributed by atoms with Crippen LogP contribution in [0.25, 0.3) is 0 Å². The third-order valence-corrected chi connectivity index (χ3v) is 1.86. The van der Waals surface area contributed by atoms with Gasteiger partial charge in [-0.15, -0.1) is 0 Å². The van der Waals surface area contributed by atoms with E-state index < -0.39 is 0 Å². The van der Waals surface area contributed by atoms with Crippen LogP contribution in [0.2, 0.25) is 0 Å². The van der Waals surface area contributed by atoms with Gasteiger partial charge in [-0.3, -0.25) is 4.98 Å². The summed E-state index contributed by atoms with van der Waals surface area (Å²) in [6.45, 7) is 9.12. The second kappa shape index (κ2) is 6.19. The van der Waals surface area contributed by atoms with Crippen molar-refractivity contribution in [3.8, 4) is 5.75 Å². The highest BCUT2D eigenvalue weighted by Gasteiger charge is 1.97. The van der Waals surface area contributed by atoms with Crippen molar-refractivity contribution >= 4 is 0 Å². The number of nitrogens with zero attached hydrogens (tertiary/aromatic N) is 1. The lowest BCUT2D eigenvalue weighted by Crippen LogP contribution is -2.22. The average molecular weight is 206 g/mol. The van der Waals surface area contributed by atoms with Crippen LogP contribution in [0.4, 0.5) is 0 Å². The summed E-state index contributed by atoms with van der Waals surface area (Å²) in [5, 5.41) is 3.30. The fourth-order valence-electron chi connectivity index (χ4n) is 1.06. The van der Waals surface area contributed by atoms with Crippen LogP contribution in [0, 0.1) is 0 Å². The molecule has 1 rings (SSSR count). The van der Waals surface area contributed by atoms with Gasteiger partial charge >= 0.3 is 0 Å². The molecule has 0 aromatic carbocycles. The molecular formula is C12H18N2O. The second-order valence-electron chi connectivity index (χ2n) is 3.62. The Hall–Kier alpha value is -1.35. The normalized spacial score (nSPS) is 10.3. The highest BCUT2D eigenvalue weighted by Crippen LogP contribution is 2.08. The predicted octanol–water partition coefficient (Wildman–Crippen LogP) is 2.14.